The summed E-state index contributed by atoms with van der Waals surface area (Å²) >= 11 is 6.12. The Hall–Kier alpha value is -1.83. The summed E-state index contributed by atoms with van der Waals surface area (Å²) in [7, 11) is 1.24. The lowest BCUT2D eigenvalue weighted by Gasteiger charge is -2.34. The van der Waals surface area contributed by atoms with Gasteiger partial charge in [0.2, 0.25) is 0 Å². The van der Waals surface area contributed by atoms with E-state index in [0.29, 0.717) is 38.9 Å². The van der Waals surface area contributed by atoms with Gasteiger partial charge < -0.3 is 24.1 Å². The Morgan fingerprint density at radius 1 is 1.30 bits per heavy atom. The highest BCUT2D eigenvalue weighted by atomic mass is 35.5. The molecule has 2 aliphatic rings. The zero-order valence-electron chi connectivity index (χ0n) is 15.4. The Morgan fingerprint density at radius 2 is 1.93 bits per heavy atom. The summed E-state index contributed by atoms with van der Waals surface area (Å²) in [6, 6.07) is 1.36. The minimum Gasteiger partial charge on any atom is -0.504 e. The molecule has 1 aliphatic heterocycles. The van der Waals surface area contributed by atoms with Crippen LogP contribution in [0.15, 0.2) is 6.07 Å². The second-order valence-corrected chi connectivity index (χ2v) is 7.24. The van der Waals surface area contributed by atoms with Crippen LogP contribution < -0.4 is 4.74 Å². The van der Waals surface area contributed by atoms with E-state index < -0.39 is 11.8 Å². The van der Waals surface area contributed by atoms with E-state index in [9.17, 15) is 14.7 Å². The number of hydrogen-bond donors (Lipinski definition) is 1. The Bertz CT molecular complexity index is 730. The zero-order chi connectivity index (χ0) is 19.6. The molecule has 1 aromatic carbocycles. The molecule has 2 fully saturated rings. The summed E-state index contributed by atoms with van der Waals surface area (Å²) in [6.45, 7) is 2.54. The fourth-order valence-corrected chi connectivity index (χ4v) is 3.85. The molecule has 3 rings (SSSR count). The molecule has 0 amide bonds. The van der Waals surface area contributed by atoms with Gasteiger partial charge in [-0.2, -0.15) is 0 Å². The van der Waals surface area contributed by atoms with Gasteiger partial charge in [-0.05, 0) is 25.8 Å². The second kappa shape index (κ2) is 8.04. The van der Waals surface area contributed by atoms with Crippen LogP contribution in [0.1, 0.15) is 41.6 Å². The minimum absolute atomic E-state index is 0.00934. The Labute approximate surface area is 162 Å². The van der Waals surface area contributed by atoms with Crippen LogP contribution in [0.3, 0.4) is 0 Å². The number of esters is 1. The fourth-order valence-electron chi connectivity index (χ4n) is 3.60. The minimum atomic E-state index is -0.611. The molecule has 1 aromatic rings. The first-order chi connectivity index (χ1) is 12.9. The standard InChI is InChI=1S/C19H23ClO7/c1-11-13(18(23)24-2)9-14(20)17(16(11)22)25-10-15(21)12-3-5-19(6-4-12)26-7-8-27-19/h9,12,22H,3-8,10H2,1-2H3. The number of methoxy groups -OCH3 is 1. The number of phenols is 1. The maximum Gasteiger partial charge on any atom is 0.338 e. The van der Waals surface area contributed by atoms with Crippen molar-refractivity contribution < 1.29 is 33.6 Å². The zero-order valence-corrected chi connectivity index (χ0v) is 16.1. The quantitative estimate of drug-likeness (QED) is 0.762. The van der Waals surface area contributed by atoms with Crippen molar-refractivity contribution in [2.24, 2.45) is 5.92 Å². The average Bonchev–Trinajstić information content (AvgIpc) is 3.12. The molecule has 148 valence electrons. The molecule has 1 aliphatic carbocycles. The summed E-state index contributed by atoms with van der Waals surface area (Å²) in [5.41, 5.74) is 0.427. The van der Waals surface area contributed by atoms with Crippen molar-refractivity contribution >= 4 is 23.4 Å². The SMILES string of the molecule is COC(=O)c1cc(Cl)c(OCC(=O)C2CCC3(CC2)OCCO3)c(O)c1C. The van der Waals surface area contributed by atoms with E-state index >= 15 is 0 Å². The number of carbonyl (C=O) groups is 2. The number of benzene rings is 1. The first kappa shape index (κ1) is 19.9. The first-order valence-corrected chi connectivity index (χ1v) is 9.28. The van der Waals surface area contributed by atoms with Gasteiger partial charge >= 0.3 is 5.97 Å². The van der Waals surface area contributed by atoms with Crippen molar-refractivity contribution in [3.05, 3.63) is 22.2 Å². The number of ether oxygens (including phenoxy) is 4. The third-order valence-corrected chi connectivity index (χ3v) is 5.52. The molecule has 0 aromatic heterocycles. The van der Waals surface area contributed by atoms with Crippen molar-refractivity contribution in [3.8, 4) is 11.5 Å². The molecule has 1 heterocycles. The normalized spacial score (nSPS) is 19.2. The summed E-state index contributed by atoms with van der Waals surface area (Å²) in [4.78, 5) is 24.2. The van der Waals surface area contributed by atoms with E-state index in [1.807, 2.05) is 0 Å². The van der Waals surface area contributed by atoms with Gasteiger partial charge in [-0.15, -0.1) is 0 Å². The molecule has 7 nitrogen and oxygen atoms in total. The monoisotopic (exact) mass is 398 g/mol. The number of carbonyl (C=O) groups excluding carboxylic acids is 2. The number of Topliss-reactive ketones (excluding diaryl/α,β-unsaturated/α-hetero) is 1. The third-order valence-electron chi connectivity index (χ3n) is 5.24. The molecular weight excluding hydrogens is 376 g/mol. The van der Waals surface area contributed by atoms with E-state index in [-0.39, 0.29) is 46.0 Å². The van der Waals surface area contributed by atoms with Crippen LogP contribution in [0.2, 0.25) is 5.02 Å². The highest BCUT2D eigenvalue weighted by molar-refractivity contribution is 6.32. The third kappa shape index (κ3) is 4.05. The van der Waals surface area contributed by atoms with Crippen LogP contribution in [0, 0.1) is 12.8 Å². The van der Waals surface area contributed by atoms with Gasteiger partial charge in [0.1, 0.15) is 6.61 Å². The molecule has 1 saturated carbocycles. The molecule has 27 heavy (non-hydrogen) atoms. The molecule has 0 bridgehead atoms. The molecule has 1 N–H and O–H groups in total. The van der Waals surface area contributed by atoms with E-state index in [1.54, 1.807) is 6.92 Å². The predicted molar refractivity (Wildman–Crippen MR) is 96.3 cm³/mol. The molecular formula is C19H23ClO7. The van der Waals surface area contributed by atoms with Crippen molar-refractivity contribution in [1.29, 1.82) is 0 Å². The number of phenolic OH excluding ortho intramolecular Hbond substituents is 1. The molecule has 0 atom stereocenters. The van der Waals surface area contributed by atoms with Crippen LogP contribution in [0.5, 0.6) is 11.5 Å². The van der Waals surface area contributed by atoms with Crippen molar-refractivity contribution in [3.63, 3.8) is 0 Å². The number of ketones is 1. The van der Waals surface area contributed by atoms with Crippen molar-refractivity contribution in [2.75, 3.05) is 26.9 Å². The number of rotatable bonds is 5. The van der Waals surface area contributed by atoms with Gasteiger partial charge in [0.05, 0.1) is 30.9 Å². The maximum absolute atomic E-state index is 12.5. The topological polar surface area (TPSA) is 91.3 Å². The highest BCUT2D eigenvalue weighted by Crippen LogP contribution is 2.41. The summed E-state index contributed by atoms with van der Waals surface area (Å²) in [6.07, 6.45) is 2.70. The molecule has 0 radical (unpaired) electrons. The first-order valence-electron chi connectivity index (χ1n) is 8.90. The van der Waals surface area contributed by atoms with Crippen LogP contribution in [0.4, 0.5) is 0 Å². The molecule has 0 unspecified atom stereocenters. The smallest absolute Gasteiger partial charge is 0.338 e. The number of halogens is 1. The second-order valence-electron chi connectivity index (χ2n) is 6.84. The van der Waals surface area contributed by atoms with Crippen LogP contribution in [-0.2, 0) is 19.0 Å². The Morgan fingerprint density at radius 3 is 2.52 bits per heavy atom. The lowest BCUT2D eigenvalue weighted by atomic mass is 9.83. The maximum atomic E-state index is 12.5. The lowest BCUT2D eigenvalue weighted by Crippen LogP contribution is -2.38. The highest BCUT2D eigenvalue weighted by Gasteiger charge is 2.41. The van der Waals surface area contributed by atoms with Gasteiger partial charge in [0.25, 0.3) is 0 Å². The summed E-state index contributed by atoms with van der Waals surface area (Å²) in [5.74, 6) is -1.61. The van der Waals surface area contributed by atoms with E-state index in [2.05, 4.69) is 4.74 Å². The van der Waals surface area contributed by atoms with Crippen LogP contribution in [-0.4, -0.2) is 49.6 Å². The van der Waals surface area contributed by atoms with Crippen molar-refractivity contribution in [1.82, 2.24) is 0 Å². The number of hydrogen-bond acceptors (Lipinski definition) is 7. The Balaban J connectivity index is 1.62. The predicted octanol–water partition coefficient (Wildman–Crippen LogP) is 3.02. The van der Waals surface area contributed by atoms with Gasteiger partial charge in [0, 0.05) is 24.3 Å². The lowest BCUT2D eigenvalue weighted by molar-refractivity contribution is -0.183. The molecule has 1 spiro atoms. The number of aromatic hydroxyl groups is 1. The van der Waals surface area contributed by atoms with E-state index in [0.717, 1.165) is 0 Å². The van der Waals surface area contributed by atoms with Crippen LogP contribution >= 0.6 is 11.6 Å². The van der Waals surface area contributed by atoms with Gasteiger partial charge in [-0.3, -0.25) is 4.79 Å². The molecule has 8 heteroatoms. The largest absolute Gasteiger partial charge is 0.504 e. The Kier molecular flexibility index (Phi) is 5.93. The average molecular weight is 399 g/mol. The van der Waals surface area contributed by atoms with Gasteiger partial charge in [-0.25, -0.2) is 4.79 Å². The van der Waals surface area contributed by atoms with Crippen LogP contribution in [0.25, 0.3) is 0 Å². The van der Waals surface area contributed by atoms with E-state index in [1.165, 1.54) is 13.2 Å². The van der Waals surface area contributed by atoms with Gasteiger partial charge in [-0.1, -0.05) is 11.6 Å². The van der Waals surface area contributed by atoms with E-state index in [4.69, 9.17) is 25.8 Å². The van der Waals surface area contributed by atoms with Crippen molar-refractivity contribution in [2.45, 2.75) is 38.4 Å². The van der Waals surface area contributed by atoms with Gasteiger partial charge in [0.15, 0.2) is 23.1 Å². The summed E-state index contributed by atoms with van der Waals surface area (Å²) in [5, 5.41) is 10.3. The summed E-state index contributed by atoms with van der Waals surface area (Å²) < 4.78 is 21.5. The molecule has 1 saturated heterocycles. The fraction of sp³-hybridized carbons (Fsp3) is 0.579.